The highest BCUT2D eigenvalue weighted by atomic mass is 16.7. The van der Waals surface area contributed by atoms with Gasteiger partial charge in [-0.05, 0) is 61.7 Å². The Labute approximate surface area is 206 Å². The number of aliphatic hydroxyl groups is 6. The molecular weight excluding hydrogens is 456 g/mol. The molecule has 200 valence electrons. The first-order valence-electron chi connectivity index (χ1n) is 12.8. The van der Waals surface area contributed by atoms with E-state index in [1.54, 1.807) is 0 Å². The van der Waals surface area contributed by atoms with Gasteiger partial charge in [0.2, 0.25) is 0 Å². The van der Waals surface area contributed by atoms with E-state index in [1.165, 1.54) is 5.57 Å². The maximum Gasteiger partial charge on any atom is 0.187 e. The Balaban J connectivity index is 1.47. The van der Waals surface area contributed by atoms with E-state index in [9.17, 15) is 35.4 Å². The third kappa shape index (κ3) is 4.42. The summed E-state index contributed by atoms with van der Waals surface area (Å²) in [4.78, 5) is 13.3. The average Bonchev–Trinajstić information content (AvgIpc) is 2.80. The van der Waals surface area contributed by atoms with Crippen LogP contribution in [0.2, 0.25) is 0 Å². The van der Waals surface area contributed by atoms with Gasteiger partial charge in [0.25, 0.3) is 0 Å². The number of ether oxygens (including phenoxy) is 2. The van der Waals surface area contributed by atoms with Crippen LogP contribution in [0.25, 0.3) is 0 Å². The SMILES string of the molecule is CC1(C(=O)CO[C@@H]2O[C@H](CO)[C@@H](O)[C@H](O)[C@H]2O)C=C2CCC3C(C)(C)[C@H](O)[C@H](O)C[C@]3(C)[C@H]2CC1. The molecular formula is C26H42O9. The summed E-state index contributed by atoms with van der Waals surface area (Å²) in [6.45, 7) is 7.29. The van der Waals surface area contributed by atoms with Gasteiger partial charge in [0, 0.05) is 5.41 Å². The number of ketones is 1. The number of aliphatic hydroxyl groups excluding tert-OH is 6. The largest absolute Gasteiger partial charge is 0.394 e. The van der Waals surface area contributed by atoms with Crippen molar-refractivity contribution < 1.29 is 44.9 Å². The number of Topliss-reactive ketones (excluding diaryl/α,β-unsaturated/α-hetero) is 1. The van der Waals surface area contributed by atoms with Crippen molar-refractivity contribution in [1.82, 2.24) is 0 Å². The van der Waals surface area contributed by atoms with Crippen LogP contribution < -0.4 is 0 Å². The molecule has 0 aromatic rings. The maximum atomic E-state index is 13.3. The summed E-state index contributed by atoms with van der Waals surface area (Å²) >= 11 is 0. The molecule has 35 heavy (non-hydrogen) atoms. The van der Waals surface area contributed by atoms with E-state index >= 15 is 0 Å². The van der Waals surface area contributed by atoms with Gasteiger partial charge in [-0.2, -0.15) is 0 Å². The molecule has 11 atom stereocenters. The molecule has 1 heterocycles. The van der Waals surface area contributed by atoms with Crippen molar-refractivity contribution in [3.05, 3.63) is 11.6 Å². The Kier molecular flexibility index (Phi) is 7.32. The molecule has 2 saturated carbocycles. The fourth-order valence-electron chi connectivity index (χ4n) is 7.61. The van der Waals surface area contributed by atoms with Gasteiger partial charge >= 0.3 is 0 Å². The first-order chi connectivity index (χ1) is 16.3. The second kappa shape index (κ2) is 9.44. The van der Waals surface area contributed by atoms with Gasteiger partial charge < -0.3 is 40.1 Å². The lowest BCUT2D eigenvalue weighted by atomic mass is 9.44. The van der Waals surface area contributed by atoms with Crippen LogP contribution in [0, 0.1) is 28.1 Å². The highest BCUT2D eigenvalue weighted by Gasteiger charge is 2.60. The van der Waals surface area contributed by atoms with E-state index in [4.69, 9.17) is 9.47 Å². The summed E-state index contributed by atoms with van der Waals surface area (Å²) in [5, 5.41) is 60.7. The zero-order valence-electron chi connectivity index (χ0n) is 21.1. The third-order valence-electron chi connectivity index (χ3n) is 9.76. The lowest BCUT2D eigenvalue weighted by molar-refractivity contribution is -0.299. The molecule has 6 N–H and O–H groups in total. The molecule has 1 aliphatic heterocycles. The Morgan fingerprint density at radius 2 is 1.74 bits per heavy atom. The molecule has 0 aromatic heterocycles. The van der Waals surface area contributed by atoms with Gasteiger partial charge in [0.1, 0.15) is 31.0 Å². The predicted octanol–water partition coefficient (Wildman–Crippen LogP) is 0.283. The first-order valence-corrected chi connectivity index (χ1v) is 12.8. The standard InChI is InChI=1S/C26H42O9/c1-24(2)17-6-5-13-9-25(3,8-7-14(13)26(17,4)10-15(28)22(24)33)18(29)12-34-23-21(32)20(31)19(30)16(11-27)35-23/h9,14-17,19-23,27-28,30-33H,5-8,10-12H2,1-4H3/t14-,15+,16+,17?,19+,20-,21+,22+,23+,25?,26+/m0/s1. The van der Waals surface area contributed by atoms with Crippen molar-refractivity contribution in [2.75, 3.05) is 13.2 Å². The Hall–Kier alpha value is -0.910. The van der Waals surface area contributed by atoms with Gasteiger partial charge in [-0.15, -0.1) is 0 Å². The summed E-state index contributed by atoms with van der Waals surface area (Å²) in [6, 6.07) is 0. The first kappa shape index (κ1) is 27.1. The second-order valence-electron chi connectivity index (χ2n) is 12.3. The van der Waals surface area contributed by atoms with Crippen molar-refractivity contribution in [3.63, 3.8) is 0 Å². The van der Waals surface area contributed by atoms with E-state index < -0.39 is 60.4 Å². The van der Waals surface area contributed by atoms with Crippen molar-refractivity contribution >= 4 is 5.78 Å². The van der Waals surface area contributed by atoms with Crippen LogP contribution in [0.5, 0.6) is 0 Å². The summed E-state index contributed by atoms with van der Waals surface area (Å²) in [6.07, 6.45) is -2.81. The van der Waals surface area contributed by atoms with Crippen LogP contribution in [0.1, 0.15) is 59.8 Å². The molecule has 3 fully saturated rings. The quantitative estimate of drug-likeness (QED) is 0.293. The van der Waals surface area contributed by atoms with Crippen LogP contribution in [-0.4, -0.2) is 92.5 Å². The Bertz CT molecular complexity index is 841. The smallest absolute Gasteiger partial charge is 0.187 e. The number of rotatable bonds is 5. The molecule has 9 nitrogen and oxygen atoms in total. The number of carbonyl (C=O) groups excluding carboxylic acids is 1. The van der Waals surface area contributed by atoms with Gasteiger partial charge in [0.05, 0.1) is 18.8 Å². The molecule has 1 saturated heterocycles. The van der Waals surface area contributed by atoms with E-state index in [0.29, 0.717) is 12.8 Å². The second-order valence-corrected chi connectivity index (χ2v) is 12.3. The van der Waals surface area contributed by atoms with Crippen molar-refractivity contribution in [2.24, 2.45) is 28.1 Å². The number of hydrogen-bond acceptors (Lipinski definition) is 9. The summed E-state index contributed by atoms with van der Waals surface area (Å²) < 4.78 is 10.9. The number of fused-ring (bicyclic) bond motifs is 3. The molecule has 0 aromatic carbocycles. The number of carbonyl (C=O) groups is 1. The van der Waals surface area contributed by atoms with Gasteiger partial charge in [-0.3, -0.25) is 4.79 Å². The molecule has 0 radical (unpaired) electrons. The van der Waals surface area contributed by atoms with Crippen LogP contribution in [0.4, 0.5) is 0 Å². The minimum Gasteiger partial charge on any atom is -0.394 e. The zero-order valence-corrected chi connectivity index (χ0v) is 21.1. The topological polar surface area (TPSA) is 157 Å². The van der Waals surface area contributed by atoms with E-state index in [0.717, 1.165) is 19.3 Å². The summed E-state index contributed by atoms with van der Waals surface area (Å²) in [5.74, 6) is 0.326. The predicted molar refractivity (Wildman–Crippen MR) is 125 cm³/mol. The van der Waals surface area contributed by atoms with E-state index in [1.807, 2.05) is 20.8 Å². The summed E-state index contributed by atoms with van der Waals surface area (Å²) in [7, 11) is 0. The highest BCUT2D eigenvalue weighted by Crippen LogP contribution is 2.63. The Morgan fingerprint density at radius 1 is 1.06 bits per heavy atom. The maximum absolute atomic E-state index is 13.3. The third-order valence-corrected chi connectivity index (χ3v) is 9.76. The van der Waals surface area contributed by atoms with Crippen molar-refractivity contribution in [2.45, 2.75) is 103 Å². The molecule has 4 rings (SSSR count). The molecule has 4 aliphatic rings. The number of allylic oxidation sites excluding steroid dienone is 2. The highest BCUT2D eigenvalue weighted by molar-refractivity contribution is 5.87. The summed E-state index contributed by atoms with van der Waals surface area (Å²) in [5.41, 5.74) is -0.0964. The van der Waals surface area contributed by atoms with Gasteiger partial charge in [0.15, 0.2) is 12.1 Å². The molecule has 0 spiro atoms. The fourth-order valence-corrected chi connectivity index (χ4v) is 7.61. The molecule has 0 amide bonds. The lowest BCUT2D eigenvalue weighted by Crippen LogP contribution is -2.60. The monoisotopic (exact) mass is 498 g/mol. The van der Waals surface area contributed by atoms with Crippen LogP contribution >= 0.6 is 0 Å². The van der Waals surface area contributed by atoms with Crippen LogP contribution in [-0.2, 0) is 14.3 Å². The minimum absolute atomic E-state index is 0.163. The van der Waals surface area contributed by atoms with Crippen LogP contribution in [0.3, 0.4) is 0 Å². The molecule has 2 unspecified atom stereocenters. The van der Waals surface area contributed by atoms with Crippen molar-refractivity contribution in [3.8, 4) is 0 Å². The average molecular weight is 499 g/mol. The van der Waals surface area contributed by atoms with Gasteiger partial charge in [-0.1, -0.05) is 32.4 Å². The fraction of sp³-hybridized carbons (Fsp3) is 0.885. The van der Waals surface area contributed by atoms with Gasteiger partial charge in [-0.25, -0.2) is 0 Å². The molecule has 0 bridgehead atoms. The van der Waals surface area contributed by atoms with Crippen LogP contribution in [0.15, 0.2) is 11.6 Å². The molecule has 9 heteroatoms. The Morgan fingerprint density at radius 3 is 2.40 bits per heavy atom. The minimum atomic E-state index is -1.56. The van der Waals surface area contributed by atoms with Crippen molar-refractivity contribution in [1.29, 1.82) is 0 Å². The molecule has 3 aliphatic carbocycles. The number of hydrogen-bond donors (Lipinski definition) is 6. The van der Waals surface area contributed by atoms with E-state index in [-0.39, 0.29) is 29.6 Å². The zero-order chi connectivity index (χ0) is 25.9. The normalized spacial score (nSPS) is 49.5. The van der Waals surface area contributed by atoms with E-state index in [2.05, 4.69) is 13.0 Å². The lowest BCUT2D eigenvalue weighted by Gasteiger charge is -2.61.